The number of carbonyl (C=O) groups excluding carboxylic acids is 6. The highest BCUT2D eigenvalue weighted by molar-refractivity contribution is 8.05. The van der Waals surface area contributed by atoms with Gasteiger partial charge in [0.15, 0.2) is 0 Å². The third-order valence-corrected chi connectivity index (χ3v) is 7.46. The second kappa shape index (κ2) is 23.4. The fraction of sp³-hybridized carbons (Fsp3) is 0.441. The van der Waals surface area contributed by atoms with Gasteiger partial charge in [-0.1, -0.05) is 68.5 Å². The van der Waals surface area contributed by atoms with E-state index in [9.17, 15) is 41.9 Å². The van der Waals surface area contributed by atoms with Crippen LogP contribution in [-0.4, -0.2) is 102 Å². The first-order valence-corrected chi connectivity index (χ1v) is 16.2. The first kappa shape index (κ1) is 47.8. The summed E-state index contributed by atoms with van der Waals surface area (Å²) in [7, 11) is 0. The van der Waals surface area contributed by atoms with Gasteiger partial charge in [-0.3, -0.25) is 28.8 Å². The summed E-state index contributed by atoms with van der Waals surface area (Å²) in [5.41, 5.74) is 0.352. The number of amides is 2. The summed E-state index contributed by atoms with van der Waals surface area (Å²) in [5, 5.41) is 11.2. The van der Waals surface area contributed by atoms with Crippen molar-refractivity contribution in [2.75, 3.05) is 19.8 Å². The summed E-state index contributed by atoms with van der Waals surface area (Å²) in [6.07, 6.45) is -1.59. The van der Waals surface area contributed by atoms with E-state index in [2.05, 4.69) is 31.6 Å². The first-order chi connectivity index (χ1) is 24.6. The molecule has 294 valence electrons. The summed E-state index contributed by atoms with van der Waals surface area (Å²) in [6.45, 7) is 17.0. The van der Waals surface area contributed by atoms with Crippen LogP contribution in [0.25, 0.3) is 0 Å². The van der Waals surface area contributed by atoms with Crippen LogP contribution in [0.4, 0.5) is 13.2 Å². The number of carboxylic acids is 1. The number of rotatable bonds is 18. The molecule has 15 nitrogen and oxygen atoms in total. The molecule has 2 amide bonds. The van der Waals surface area contributed by atoms with Gasteiger partial charge in [0.2, 0.25) is 10.8 Å². The van der Waals surface area contributed by atoms with Gasteiger partial charge in [0.1, 0.15) is 25.4 Å². The summed E-state index contributed by atoms with van der Waals surface area (Å²) >= 11 is 0.779. The molecule has 0 bridgehead atoms. The summed E-state index contributed by atoms with van der Waals surface area (Å²) in [4.78, 5) is 81.2. The monoisotopic (exact) mass is 776 g/mol. The minimum Gasteiger partial charge on any atom is -0.481 e. The summed E-state index contributed by atoms with van der Waals surface area (Å²) in [6, 6.07) is -1.43. The number of halogens is 3. The highest BCUT2D eigenvalue weighted by Gasteiger charge is 2.56. The van der Waals surface area contributed by atoms with Crippen LogP contribution >= 0.6 is 11.8 Å². The number of nitrogens with one attached hydrogen (secondary N) is 2. The minimum atomic E-state index is -5.28. The molecule has 53 heavy (non-hydrogen) atoms. The Bertz CT molecular complexity index is 1460. The van der Waals surface area contributed by atoms with Gasteiger partial charge in [0.05, 0.1) is 18.7 Å². The van der Waals surface area contributed by atoms with Gasteiger partial charge < -0.3 is 39.4 Å². The molecule has 0 saturated carbocycles. The van der Waals surface area contributed by atoms with Crippen LogP contribution in [0, 0.1) is 0 Å². The van der Waals surface area contributed by atoms with Crippen molar-refractivity contribution < 1.29 is 75.5 Å². The molecule has 0 radical (unpaired) electrons. The Kier molecular flexibility index (Phi) is 21.1. The lowest BCUT2D eigenvalue weighted by molar-refractivity contribution is -0.197. The van der Waals surface area contributed by atoms with Gasteiger partial charge in [0.25, 0.3) is 5.97 Å². The molecular formula is C34H43F3N2O13S. The number of hydrogen-bond acceptors (Lipinski definition) is 13. The molecule has 5 atom stereocenters. The van der Waals surface area contributed by atoms with Crippen molar-refractivity contribution in [3.63, 3.8) is 0 Å². The number of esters is 4. The maximum Gasteiger partial charge on any atom is 0.471 e. The second-order valence-corrected chi connectivity index (χ2v) is 12.1. The number of ether oxygens (including phenoxy) is 5. The molecule has 3 N–H and O–H groups in total. The van der Waals surface area contributed by atoms with E-state index in [-0.39, 0.29) is 6.61 Å². The zero-order valence-corrected chi connectivity index (χ0v) is 30.3. The SMILES string of the molecule is C=C/C=C\C(=C)COC(=O)C1(S/C(C=C)=C/C=C)C[C@@H](OC(C)=O)C(NC(=O)CNC(=O)C(F)(F)F)C(CC(COC(C)=O)OC(C)=O)O1.CC(=O)O. The second-order valence-electron chi connectivity index (χ2n) is 10.8. The van der Waals surface area contributed by atoms with E-state index >= 15 is 0 Å². The quantitative estimate of drug-likeness (QED) is 0.104. The topological polar surface area (TPSA) is 210 Å². The van der Waals surface area contributed by atoms with Gasteiger partial charge in [-0.15, -0.1) is 0 Å². The normalized spacial score (nSPS) is 20.2. The fourth-order valence-corrected chi connectivity index (χ4v) is 5.46. The molecule has 1 aliphatic heterocycles. The van der Waals surface area contributed by atoms with Crippen molar-refractivity contribution >= 4 is 53.4 Å². The highest BCUT2D eigenvalue weighted by atomic mass is 32.2. The van der Waals surface area contributed by atoms with Gasteiger partial charge >= 0.3 is 36.0 Å². The molecule has 1 fully saturated rings. The van der Waals surface area contributed by atoms with Crippen molar-refractivity contribution in [2.24, 2.45) is 0 Å². The molecule has 4 unspecified atom stereocenters. The van der Waals surface area contributed by atoms with Crippen LogP contribution in [0.5, 0.6) is 0 Å². The van der Waals surface area contributed by atoms with Gasteiger partial charge in [0, 0.05) is 45.4 Å². The van der Waals surface area contributed by atoms with Crippen LogP contribution in [0.2, 0.25) is 0 Å². The molecule has 1 rings (SSSR count). The highest BCUT2D eigenvalue weighted by Crippen LogP contribution is 2.45. The Labute approximate surface area is 308 Å². The summed E-state index contributed by atoms with van der Waals surface area (Å²) in [5.74, 6) is -7.82. The van der Waals surface area contributed by atoms with E-state index in [0.717, 1.165) is 39.5 Å². The van der Waals surface area contributed by atoms with Gasteiger partial charge in [-0.05, 0) is 11.6 Å². The Morgan fingerprint density at radius 3 is 2.11 bits per heavy atom. The molecule has 1 aliphatic rings. The van der Waals surface area contributed by atoms with Crippen LogP contribution in [0.3, 0.4) is 0 Å². The number of alkyl halides is 3. The predicted molar refractivity (Wildman–Crippen MR) is 184 cm³/mol. The number of aliphatic carboxylic acids is 1. The zero-order valence-electron chi connectivity index (χ0n) is 29.5. The molecule has 1 heterocycles. The zero-order chi connectivity index (χ0) is 40.9. The molecule has 0 aromatic carbocycles. The third-order valence-electron chi connectivity index (χ3n) is 6.16. The van der Waals surface area contributed by atoms with Gasteiger partial charge in [-0.2, -0.15) is 13.2 Å². The lowest BCUT2D eigenvalue weighted by Gasteiger charge is -2.47. The molecule has 0 aromatic heterocycles. The number of carboxylic acid groups (broad SMARTS) is 1. The number of carbonyl (C=O) groups is 7. The van der Waals surface area contributed by atoms with Crippen molar-refractivity contribution in [1.82, 2.24) is 10.6 Å². The standard InChI is InChI=1S/C32H39F3N2O11S.C2H4O2/c1-8-11-13-19(4)17-45-30(43)31(49-24(10-3)12-9-2)15-26(47-22(7)40)28(37-27(41)16-36-29(42)32(33,34)35)25(48-31)14-23(46-21(6)39)18-44-20(5)38;1-2(3)4/h8-13,23,25-26,28H,1-4,14-18H2,5-7H3,(H,36,42)(H,37,41);1H3,(H,3,4)/b13-11-,24-12+;/t23?,25?,26-,28?,31?;/m1./s1. The largest absolute Gasteiger partial charge is 0.481 e. The van der Waals surface area contributed by atoms with E-state index in [1.54, 1.807) is 6.08 Å². The molecule has 1 saturated heterocycles. The van der Waals surface area contributed by atoms with Crippen molar-refractivity contribution in [2.45, 2.75) is 76.0 Å². The van der Waals surface area contributed by atoms with Crippen LogP contribution in [-0.2, 0) is 57.2 Å². The van der Waals surface area contributed by atoms with Crippen LogP contribution in [0.1, 0.15) is 40.5 Å². The molecule has 0 spiro atoms. The smallest absolute Gasteiger partial charge is 0.471 e. The average Bonchev–Trinajstić information content (AvgIpc) is 3.03. The molecule has 0 aromatic rings. The Morgan fingerprint density at radius 2 is 1.62 bits per heavy atom. The minimum absolute atomic E-state index is 0.325. The lowest BCUT2D eigenvalue weighted by Crippen LogP contribution is -2.64. The predicted octanol–water partition coefficient (Wildman–Crippen LogP) is 3.37. The van der Waals surface area contributed by atoms with Gasteiger partial charge in [-0.25, -0.2) is 4.79 Å². The van der Waals surface area contributed by atoms with Crippen molar-refractivity contribution in [1.29, 1.82) is 0 Å². The molecule has 19 heteroatoms. The Hall–Kier alpha value is -5.17. The number of hydrogen-bond donors (Lipinski definition) is 3. The maximum absolute atomic E-state index is 13.9. The fourth-order valence-electron chi connectivity index (χ4n) is 4.27. The van der Waals surface area contributed by atoms with Crippen molar-refractivity contribution in [3.8, 4) is 0 Å². The lowest BCUT2D eigenvalue weighted by atomic mass is 9.91. The number of allylic oxidation sites excluding steroid dienone is 5. The Balaban J connectivity index is 0.00000640. The Morgan fingerprint density at radius 1 is 1.00 bits per heavy atom. The maximum atomic E-state index is 13.9. The van der Waals surface area contributed by atoms with Crippen molar-refractivity contribution in [3.05, 3.63) is 73.3 Å². The summed E-state index contributed by atoms with van der Waals surface area (Å²) < 4.78 is 65.9. The third kappa shape index (κ3) is 19.3. The first-order valence-electron chi connectivity index (χ1n) is 15.4. The average molecular weight is 777 g/mol. The van der Waals surface area contributed by atoms with E-state index in [0.29, 0.717) is 10.5 Å². The van der Waals surface area contributed by atoms with E-state index in [1.165, 1.54) is 35.7 Å². The van der Waals surface area contributed by atoms with E-state index in [1.807, 2.05) is 0 Å². The van der Waals surface area contributed by atoms with E-state index in [4.69, 9.17) is 33.6 Å². The van der Waals surface area contributed by atoms with E-state index < -0.39 is 103 Å². The molecule has 0 aliphatic carbocycles. The van der Waals surface area contributed by atoms with Crippen LogP contribution < -0.4 is 10.6 Å². The number of thioether (sulfide) groups is 1. The molecular weight excluding hydrogens is 733 g/mol. The van der Waals surface area contributed by atoms with Crippen LogP contribution in [0.15, 0.2) is 73.3 Å².